The fraction of sp³-hybridized carbons (Fsp3) is 0.276. The first-order chi connectivity index (χ1) is 17.9. The van der Waals surface area contributed by atoms with Crippen molar-refractivity contribution in [2.75, 3.05) is 31.1 Å². The molecule has 3 aromatic carbocycles. The van der Waals surface area contributed by atoms with Crippen molar-refractivity contribution < 1.29 is 18.4 Å². The van der Waals surface area contributed by atoms with Crippen LogP contribution in [-0.2, 0) is 4.79 Å². The molecule has 1 fully saturated rings. The van der Waals surface area contributed by atoms with Gasteiger partial charge in [-0.05, 0) is 74.5 Å². The summed E-state index contributed by atoms with van der Waals surface area (Å²) in [5.41, 5.74) is 2.24. The molecule has 5 rings (SSSR count). The van der Waals surface area contributed by atoms with Crippen molar-refractivity contribution in [2.45, 2.75) is 18.9 Å². The smallest absolute Gasteiger partial charge is 0.269 e. The zero-order valence-electron chi connectivity index (χ0n) is 20.1. The maximum Gasteiger partial charge on any atom is 0.269 e. The highest BCUT2D eigenvalue weighted by Gasteiger charge is 2.30. The van der Waals surface area contributed by atoms with Crippen LogP contribution in [0.15, 0.2) is 71.7 Å². The van der Waals surface area contributed by atoms with Gasteiger partial charge in [-0.15, -0.1) is 0 Å². The Labute approximate surface area is 219 Å². The molecule has 2 heterocycles. The molecular formula is C29H26ClF2N3O2. The molecule has 0 radical (unpaired) electrons. The van der Waals surface area contributed by atoms with E-state index in [1.54, 1.807) is 41.3 Å². The zero-order valence-corrected chi connectivity index (χ0v) is 20.9. The summed E-state index contributed by atoms with van der Waals surface area (Å²) in [6, 6.07) is 16.7. The summed E-state index contributed by atoms with van der Waals surface area (Å²) < 4.78 is 27.8. The lowest BCUT2D eigenvalue weighted by molar-refractivity contribution is -0.112. The number of hydrogen-bond acceptors (Lipinski definition) is 4. The van der Waals surface area contributed by atoms with Gasteiger partial charge < -0.3 is 9.80 Å². The highest BCUT2D eigenvalue weighted by Crippen LogP contribution is 2.38. The van der Waals surface area contributed by atoms with Gasteiger partial charge in [0, 0.05) is 46.4 Å². The quantitative estimate of drug-likeness (QED) is 0.390. The second-order valence-corrected chi connectivity index (χ2v) is 9.82. The van der Waals surface area contributed by atoms with Crippen LogP contribution in [0.25, 0.3) is 0 Å². The lowest BCUT2D eigenvalue weighted by atomic mass is 9.89. The van der Waals surface area contributed by atoms with Crippen molar-refractivity contribution >= 4 is 35.2 Å². The third-order valence-electron chi connectivity index (χ3n) is 7.10. The van der Waals surface area contributed by atoms with Crippen LogP contribution in [0.2, 0.25) is 5.02 Å². The van der Waals surface area contributed by atoms with E-state index >= 15 is 0 Å². The van der Waals surface area contributed by atoms with E-state index in [4.69, 9.17) is 11.6 Å². The van der Waals surface area contributed by atoms with Gasteiger partial charge in [-0.3, -0.25) is 14.6 Å². The van der Waals surface area contributed by atoms with Gasteiger partial charge in [-0.1, -0.05) is 29.8 Å². The molecule has 0 spiro atoms. The van der Waals surface area contributed by atoms with Crippen molar-refractivity contribution in [3.63, 3.8) is 0 Å². The normalized spacial score (nSPS) is 18.5. The predicted molar refractivity (Wildman–Crippen MR) is 140 cm³/mol. The number of hydrogen-bond donors (Lipinski definition) is 0. The number of rotatable bonds is 6. The molecule has 1 atom stereocenters. The molecule has 3 aromatic rings. The summed E-state index contributed by atoms with van der Waals surface area (Å²) >= 11 is 6.29. The predicted octanol–water partition coefficient (Wildman–Crippen LogP) is 5.72. The summed E-state index contributed by atoms with van der Waals surface area (Å²) in [6.45, 7) is 2.47. The topological polar surface area (TPSA) is 53.0 Å². The number of amides is 1. The second-order valence-electron chi connectivity index (χ2n) is 9.38. The summed E-state index contributed by atoms with van der Waals surface area (Å²) in [5, 5.41) is 0.484. The van der Waals surface area contributed by atoms with Gasteiger partial charge >= 0.3 is 0 Å². The number of ketones is 1. The lowest BCUT2D eigenvalue weighted by Gasteiger charge is -2.33. The van der Waals surface area contributed by atoms with Crippen molar-refractivity contribution in [3.8, 4) is 0 Å². The molecule has 2 aliphatic heterocycles. The SMILES string of the molecule is O=C(c1ccc(F)cc1)C1CCN(CCN2C(=O)C=NC(c3ccccc3F)c3cc(Cl)ccc32)CC1. The third-order valence-corrected chi connectivity index (χ3v) is 7.34. The van der Waals surface area contributed by atoms with Crippen molar-refractivity contribution in [2.24, 2.45) is 10.9 Å². The Balaban J connectivity index is 1.28. The van der Waals surface area contributed by atoms with Gasteiger partial charge in [0.05, 0.1) is 6.21 Å². The highest BCUT2D eigenvalue weighted by atomic mass is 35.5. The Morgan fingerprint density at radius 3 is 2.41 bits per heavy atom. The molecular weight excluding hydrogens is 496 g/mol. The van der Waals surface area contributed by atoms with E-state index in [0.717, 1.165) is 13.1 Å². The van der Waals surface area contributed by atoms with Crippen molar-refractivity contribution in [1.29, 1.82) is 0 Å². The van der Waals surface area contributed by atoms with E-state index in [2.05, 4.69) is 9.89 Å². The van der Waals surface area contributed by atoms with Crippen molar-refractivity contribution in [3.05, 3.63) is 100 Å². The number of carbonyl (C=O) groups excluding carboxylic acids is 2. The van der Waals surface area contributed by atoms with Crippen molar-refractivity contribution in [1.82, 2.24) is 4.90 Å². The molecule has 0 N–H and O–H groups in total. The number of piperidine rings is 1. The molecule has 1 unspecified atom stereocenters. The van der Waals surface area contributed by atoms with Gasteiger partial charge in [0.15, 0.2) is 5.78 Å². The standard InChI is InChI=1S/C29H26ClF2N3O2/c30-21-7-10-26-24(17-21)28(23-3-1-2-4-25(23)32)33-18-27(36)35(26)16-15-34-13-11-20(12-14-34)29(37)19-5-8-22(31)9-6-19/h1-10,17-18,20,28H,11-16H2. The van der Waals surface area contributed by atoms with Crippen LogP contribution >= 0.6 is 11.6 Å². The Hall–Kier alpha value is -3.42. The maximum absolute atomic E-state index is 14.6. The van der Waals surface area contributed by atoms with E-state index in [1.165, 1.54) is 36.5 Å². The first-order valence-electron chi connectivity index (χ1n) is 12.3. The molecule has 0 saturated carbocycles. The fourth-order valence-electron chi connectivity index (χ4n) is 5.08. The maximum atomic E-state index is 14.6. The number of nitrogens with zero attached hydrogens (tertiary/aromatic N) is 3. The first kappa shape index (κ1) is 25.2. The molecule has 1 amide bonds. The number of Topliss-reactive ketones (excluding diaryl/α,β-unsaturated/α-hetero) is 1. The molecule has 5 nitrogen and oxygen atoms in total. The molecule has 2 aliphatic rings. The summed E-state index contributed by atoms with van der Waals surface area (Å²) in [6.07, 6.45) is 2.67. The first-order valence-corrected chi connectivity index (χ1v) is 12.7. The van der Waals surface area contributed by atoms with Crippen LogP contribution in [0.3, 0.4) is 0 Å². The minimum atomic E-state index is -0.683. The van der Waals surface area contributed by atoms with E-state index < -0.39 is 11.9 Å². The average Bonchev–Trinajstić information content (AvgIpc) is 3.04. The number of likely N-dealkylation sites (tertiary alicyclic amines) is 1. The van der Waals surface area contributed by atoms with E-state index in [0.29, 0.717) is 53.3 Å². The fourth-order valence-corrected chi connectivity index (χ4v) is 5.26. The molecule has 1 saturated heterocycles. The van der Waals surface area contributed by atoms with Crippen LogP contribution < -0.4 is 4.90 Å². The summed E-state index contributed by atoms with van der Waals surface area (Å²) in [5.74, 6) is -1.08. The Bertz CT molecular complexity index is 1340. The number of fused-ring (bicyclic) bond motifs is 1. The zero-order chi connectivity index (χ0) is 25.9. The summed E-state index contributed by atoms with van der Waals surface area (Å²) in [4.78, 5) is 34.2. The average molecular weight is 522 g/mol. The lowest BCUT2D eigenvalue weighted by Crippen LogP contribution is -2.43. The number of carbonyl (C=O) groups is 2. The van der Waals surface area contributed by atoms with Gasteiger partial charge in [-0.25, -0.2) is 8.78 Å². The minimum Gasteiger partial charge on any atom is -0.306 e. The van der Waals surface area contributed by atoms with Crippen LogP contribution in [0.5, 0.6) is 0 Å². The van der Waals surface area contributed by atoms with E-state index in [1.807, 2.05) is 0 Å². The van der Waals surface area contributed by atoms with E-state index in [9.17, 15) is 18.4 Å². The Kier molecular flexibility index (Phi) is 7.44. The van der Waals surface area contributed by atoms with Crippen LogP contribution in [0, 0.1) is 17.6 Å². The molecule has 0 aliphatic carbocycles. The molecule has 190 valence electrons. The Morgan fingerprint density at radius 1 is 0.946 bits per heavy atom. The third kappa shape index (κ3) is 5.48. The van der Waals surface area contributed by atoms with Crippen LogP contribution in [0.4, 0.5) is 14.5 Å². The van der Waals surface area contributed by atoms with E-state index in [-0.39, 0.29) is 23.4 Å². The van der Waals surface area contributed by atoms with Gasteiger partial charge in [0.25, 0.3) is 5.91 Å². The van der Waals surface area contributed by atoms with Gasteiger partial charge in [0.2, 0.25) is 0 Å². The Morgan fingerprint density at radius 2 is 1.68 bits per heavy atom. The number of benzene rings is 3. The molecule has 0 aromatic heterocycles. The van der Waals surface area contributed by atoms with Crippen LogP contribution in [0.1, 0.15) is 40.4 Å². The monoisotopic (exact) mass is 521 g/mol. The molecule has 0 bridgehead atoms. The van der Waals surface area contributed by atoms with Gasteiger partial charge in [-0.2, -0.15) is 0 Å². The molecule has 8 heteroatoms. The minimum absolute atomic E-state index is 0.0450. The number of anilines is 1. The number of halogens is 3. The molecule has 37 heavy (non-hydrogen) atoms. The largest absolute Gasteiger partial charge is 0.306 e. The van der Waals surface area contributed by atoms with Crippen LogP contribution in [-0.4, -0.2) is 49.0 Å². The highest BCUT2D eigenvalue weighted by molar-refractivity contribution is 6.34. The van der Waals surface area contributed by atoms with Gasteiger partial charge in [0.1, 0.15) is 17.7 Å². The number of aliphatic imine (C=N–C) groups is 1. The summed E-state index contributed by atoms with van der Waals surface area (Å²) in [7, 11) is 0. The second kappa shape index (κ2) is 10.9.